The van der Waals surface area contributed by atoms with Crippen LogP contribution in [-0.4, -0.2) is 143 Å². The van der Waals surface area contributed by atoms with Gasteiger partial charge in [0.05, 0.1) is 32.0 Å². The Balaban J connectivity index is 1.30. The number of esters is 1. The zero-order valence-electron chi connectivity index (χ0n) is 35.9. The topological polar surface area (TPSA) is 171 Å². The number of aliphatic hydroxyl groups excluding tert-OH is 2. The van der Waals surface area contributed by atoms with E-state index in [1.54, 1.807) is 14.0 Å². The summed E-state index contributed by atoms with van der Waals surface area (Å²) in [7, 11) is 4.93. The lowest BCUT2D eigenvalue weighted by Gasteiger charge is -2.68. The third-order valence-electron chi connectivity index (χ3n) is 16.0. The van der Waals surface area contributed by atoms with Crippen molar-refractivity contribution in [3.8, 4) is 5.75 Å². The number of carbonyl (C=O) groups is 2. The van der Waals surface area contributed by atoms with Gasteiger partial charge in [0.2, 0.25) is 0 Å². The fourth-order valence-electron chi connectivity index (χ4n) is 13.4. The first kappa shape index (κ1) is 41.4. The summed E-state index contributed by atoms with van der Waals surface area (Å²) in [5.74, 6) is -1.20. The molecule has 12 unspecified atom stereocenters. The number of anilines is 1. The number of benzene rings is 2. The number of amides is 1. The van der Waals surface area contributed by atoms with Crippen molar-refractivity contribution in [1.29, 1.82) is 0 Å². The van der Waals surface area contributed by atoms with E-state index in [1.165, 1.54) is 7.11 Å². The lowest BCUT2D eigenvalue weighted by Crippen LogP contribution is -2.82. The zero-order chi connectivity index (χ0) is 42.5. The minimum Gasteiger partial charge on any atom is -0.496 e. The molecule has 0 radical (unpaired) electrons. The SMILES string of the molecule is CCC1(O)CC2CN(CCc3c([nH]c4ccccc34)C(C(=O)OC)(c3cc4c(cc3OC)N(C)C3C5C4CCN4CC=CC(CC)(C54)C(O)C3(O)C(=O)NCC(C)O)C2)C1. The second-order valence-electron chi connectivity index (χ2n) is 19.0. The van der Waals surface area contributed by atoms with Crippen LogP contribution in [0.15, 0.2) is 48.6 Å². The largest absolute Gasteiger partial charge is 0.496 e. The average molecular weight is 826 g/mol. The number of fused-ring (bicyclic) bond motifs is 7. The van der Waals surface area contributed by atoms with Crippen LogP contribution in [0.25, 0.3) is 10.9 Å². The number of para-hydroxylation sites is 1. The van der Waals surface area contributed by atoms with Crippen molar-refractivity contribution in [3.63, 3.8) is 0 Å². The molecule has 6 aliphatic rings. The number of rotatable bonds is 8. The van der Waals surface area contributed by atoms with Gasteiger partial charge in [-0.3, -0.25) is 19.4 Å². The highest BCUT2D eigenvalue weighted by molar-refractivity contribution is 5.94. The minimum atomic E-state index is -2.25. The van der Waals surface area contributed by atoms with Crippen molar-refractivity contribution in [2.75, 3.05) is 65.4 Å². The fraction of sp³-hybridized carbons (Fsp3) is 0.617. The monoisotopic (exact) mass is 825 g/mol. The van der Waals surface area contributed by atoms with Crippen LogP contribution in [0.2, 0.25) is 0 Å². The van der Waals surface area contributed by atoms with E-state index < -0.39 is 52.2 Å². The van der Waals surface area contributed by atoms with Crippen LogP contribution in [0, 0.1) is 17.3 Å². The molecule has 2 saturated heterocycles. The number of carbonyl (C=O) groups excluding carboxylic acids is 2. The number of nitrogens with one attached hydrogen (secondary N) is 2. The number of aromatic nitrogens is 1. The molecule has 1 aliphatic carbocycles. The van der Waals surface area contributed by atoms with Crippen molar-refractivity contribution in [2.24, 2.45) is 17.3 Å². The molecular weight excluding hydrogens is 763 g/mol. The number of aromatic amines is 1. The second-order valence-corrected chi connectivity index (χ2v) is 19.0. The fourth-order valence-corrected chi connectivity index (χ4v) is 13.4. The predicted octanol–water partition coefficient (Wildman–Crippen LogP) is 3.21. The molecule has 9 rings (SSSR count). The van der Waals surface area contributed by atoms with Gasteiger partial charge in [-0.25, -0.2) is 0 Å². The molecular formula is C47H63N5O8. The summed E-state index contributed by atoms with van der Waals surface area (Å²) < 4.78 is 12.3. The molecule has 12 atom stereocenters. The summed E-state index contributed by atoms with van der Waals surface area (Å²) in [5.41, 5.74) is -0.255. The number of ether oxygens (including phenoxy) is 2. The molecule has 13 heteroatoms. The first-order valence-corrected chi connectivity index (χ1v) is 22.1. The van der Waals surface area contributed by atoms with Gasteiger partial charge in [0.1, 0.15) is 17.3 Å². The summed E-state index contributed by atoms with van der Waals surface area (Å²) in [6, 6.07) is 11.3. The molecule has 3 fully saturated rings. The molecule has 0 spiro atoms. The Labute approximate surface area is 352 Å². The van der Waals surface area contributed by atoms with Gasteiger partial charge < -0.3 is 45.1 Å². The highest BCUT2D eigenvalue weighted by Crippen LogP contribution is 2.63. The second kappa shape index (κ2) is 14.8. The third kappa shape index (κ3) is 5.78. The van der Waals surface area contributed by atoms with E-state index in [0.29, 0.717) is 56.5 Å². The van der Waals surface area contributed by atoms with E-state index in [0.717, 1.165) is 59.5 Å². The quantitative estimate of drug-likeness (QED) is 0.146. The molecule has 324 valence electrons. The Morgan fingerprint density at radius 1 is 1.07 bits per heavy atom. The maximum Gasteiger partial charge on any atom is 0.322 e. The number of methoxy groups -OCH3 is 2. The van der Waals surface area contributed by atoms with Crippen LogP contribution in [0.5, 0.6) is 5.75 Å². The molecule has 5 aliphatic heterocycles. The van der Waals surface area contributed by atoms with Crippen molar-refractivity contribution >= 4 is 28.5 Å². The molecule has 6 N–H and O–H groups in total. The number of hydrogen-bond acceptors (Lipinski definition) is 11. The van der Waals surface area contributed by atoms with E-state index in [1.807, 2.05) is 50.1 Å². The number of hydrogen-bond donors (Lipinski definition) is 6. The molecule has 2 bridgehead atoms. The normalized spacial score (nSPS) is 37.4. The van der Waals surface area contributed by atoms with E-state index in [9.17, 15) is 25.2 Å². The van der Waals surface area contributed by atoms with Crippen LogP contribution in [0.3, 0.4) is 0 Å². The van der Waals surface area contributed by atoms with E-state index >= 15 is 4.79 Å². The van der Waals surface area contributed by atoms with Crippen molar-refractivity contribution in [2.45, 2.75) is 106 Å². The summed E-state index contributed by atoms with van der Waals surface area (Å²) >= 11 is 0. The third-order valence-corrected chi connectivity index (χ3v) is 16.0. The maximum absolute atomic E-state index is 15.2. The van der Waals surface area contributed by atoms with Gasteiger partial charge in [0, 0.05) is 91.1 Å². The highest BCUT2D eigenvalue weighted by Gasteiger charge is 2.72. The first-order valence-electron chi connectivity index (χ1n) is 22.1. The van der Waals surface area contributed by atoms with Crippen molar-refractivity contribution < 1.29 is 39.5 Å². The zero-order valence-corrected chi connectivity index (χ0v) is 35.9. The van der Waals surface area contributed by atoms with Crippen LogP contribution in [-0.2, 0) is 26.2 Å². The molecule has 2 aromatic carbocycles. The number of likely N-dealkylation sites (N-methyl/N-ethyl adjacent to an activating group) is 1. The molecule has 60 heavy (non-hydrogen) atoms. The number of nitrogens with zero attached hydrogens (tertiary/aromatic N) is 3. The molecule has 13 nitrogen and oxygen atoms in total. The standard InChI is InChI=1S/C47H63N5O8/c1-7-44(57)22-28-23-46(43(56)60-6,38-31(14-18-51(25-28)26-44)29-12-9-10-13-34(29)49-38)33-20-32-30-15-19-52-17-11-16-45(8-2)39(52)37(30)40(50(4)35(32)21-36(33)59-5)47(58,41(45)54)42(55)48-24-27(3)53/h9-13,16,20-21,27-28,30,37,39-41,49,53-54,57-58H,7-8,14-15,17-19,22-26H2,1-6H3,(H,48,55). The lowest BCUT2D eigenvalue weighted by molar-refractivity contribution is -0.218. The van der Waals surface area contributed by atoms with Crippen LogP contribution < -0.4 is 15.0 Å². The molecule has 3 aromatic rings. The molecule has 1 saturated carbocycles. The first-order chi connectivity index (χ1) is 28.7. The van der Waals surface area contributed by atoms with E-state index in [-0.39, 0.29) is 30.3 Å². The van der Waals surface area contributed by atoms with Gasteiger partial charge in [-0.05, 0) is 87.1 Å². The van der Waals surface area contributed by atoms with Gasteiger partial charge in [-0.2, -0.15) is 0 Å². The van der Waals surface area contributed by atoms with Gasteiger partial charge in [-0.1, -0.05) is 44.2 Å². The number of aliphatic hydroxyl groups is 4. The molecule has 1 amide bonds. The van der Waals surface area contributed by atoms with Gasteiger partial charge in [0.25, 0.3) is 5.91 Å². The molecule has 6 heterocycles. The van der Waals surface area contributed by atoms with Gasteiger partial charge >= 0.3 is 5.97 Å². The average Bonchev–Trinajstić information content (AvgIpc) is 3.64. The Morgan fingerprint density at radius 2 is 1.85 bits per heavy atom. The van der Waals surface area contributed by atoms with Gasteiger partial charge in [0.15, 0.2) is 5.60 Å². The number of piperidine rings is 2. The maximum atomic E-state index is 15.2. The Bertz CT molecular complexity index is 2210. The smallest absolute Gasteiger partial charge is 0.322 e. The van der Waals surface area contributed by atoms with Crippen LogP contribution >= 0.6 is 0 Å². The van der Waals surface area contributed by atoms with E-state index in [2.05, 4.69) is 44.4 Å². The summed E-state index contributed by atoms with van der Waals surface area (Å²) in [4.78, 5) is 40.2. The summed E-state index contributed by atoms with van der Waals surface area (Å²) in [6.07, 6.45) is 5.19. The number of H-pyrrole nitrogens is 1. The summed E-state index contributed by atoms with van der Waals surface area (Å²) in [5, 5.41) is 51.6. The van der Waals surface area contributed by atoms with E-state index in [4.69, 9.17) is 9.47 Å². The van der Waals surface area contributed by atoms with Crippen molar-refractivity contribution in [3.05, 3.63) is 70.9 Å². The van der Waals surface area contributed by atoms with Crippen LogP contribution in [0.4, 0.5) is 5.69 Å². The van der Waals surface area contributed by atoms with Crippen LogP contribution in [0.1, 0.15) is 81.2 Å². The minimum absolute atomic E-state index is 0.0645. The molecule has 1 aromatic heterocycles. The Hall–Kier alpha value is -3.98. The van der Waals surface area contributed by atoms with Gasteiger partial charge in [-0.15, -0.1) is 0 Å². The predicted molar refractivity (Wildman–Crippen MR) is 228 cm³/mol. The summed E-state index contributed by atoms with van der Waals surface area (Å²) in [6.45, 7) is 9.02. The van der Waals surface area contributed by atoms with Crippen molar-refractivity contribution in [1.82, 2.24) is 20.1 Å². The Kier molecular flexibility index (Phi) is 10.2. The lowest BCUT2D eigenvalue weighted by atomic mass is 9.48. The Morgan fingerprint density at radius 3 is 2.57 bits per heavy atom. The highest BCUT2D eigenvalue weighted by atomic mass is 16.5.